The monoisotopic (exact) mass is 322 g/mol. The fourth-order valence-corrected chi connectivity index (χ4v) is 2.58. The zero-order chi connectivity index (χ0) is 16.5. The van der Waals surface area contributed by atoms with Crippen molar-refractivity contribution in [3.8, 4) is 0 Å². The van der Waals surface area contributed by atoms with E-state index < -0.39 is 5.60 Å². The van der Waals surface area contributed by atoms with Crippen LogP contribution in [0.25, 0.3) is 5.57 Å². The van der Waals surface area contributed by atoms with E-state index in [-0.39, 0.29) is 12.0 Å². The normalized spacial score (nSPS) is 18.9. The number of hydrogen-bond acceptors (Lipinski definition) is 3. The highest BCUT2D eigenvalue weighted by molar-refractivity contribution is 6.33. The molecule has 2 rings (SSSR count). The Bertz CT molecular complexity index is 605. The van der Waals surface area contributed by atoms with Crippen molar-refractivity contribution in [1.82, 2.24) is 4.90 Å². The van der Waals surface area contributed by atoms with Crippen LogP contribution in [0, 0.1) is 5.92 Å². The smallest absolute Gasteiger partial charge is 0.410 e. The van der Waals surface area contributed by atoms with E-state index in [1.165, 1.54) is 0 Å². The highest BCUT2D eigenvalue weighted by Crippen LogP contribution is 2.28. The number of benzene rings is 1. The molecular formula is C17H23ClN2O2. The summed E-state index contributed by atoms with van der Waals surface area (Å²) in [5, 5.41) is 0.539. The summed E-state index contributed by atoms with van der Waals surface area (Å²) in [7, 11) is 0. The van der Waals surface area contributed by atoms with Gasteiger partial charge in [-0.25, -0.2) is 4.79 Å². The number of amides is 1. The minimum Gasteiger partial charge on any atom is -0.444 e. The topological polar surface area (TPSA) is 55.6 Å². The average Bonchev–Trinajstić information content (AvgIpc) is 2.39. The Balaban J connectivity index is 2.20. The van der Waals surface area contributed by atoms with Gasteiger partial charge in [0.05, 0.1) is 10.7 Å². The van der Waals surface area contributed by atoms with Crippen LogP contribution >= 0.6 is 11.6 Å². The number of nitrogens with zero attached hydrogens (tertiary/aromatic N) is 1. The van der Waals surface area contributed by atoms with Crippen LogP contribution in [0.5, 0.6) is 0 Å². The maximum atomic E-state index is 12.3. The second-order valence-corrected chi connectivity index (χ2v) is 7.17. The molecule has 5 heteroatoms. The third kappa shape index (κ3) is 4.17. The minimum atomic E-state index is -0.494. The number of nitrogen functional groups attached to an aromatic ring is 1. The maximum absolute atomic E-state index is 12.3. The summed E-state index contributed by atoms with van der Waals surface area (Å²) in [5.74, 6) is 0.258. The molecule has 0 spiro atoms. The summed E-state index contributed by atoms with van der Waals surface area (Å²) in [6, 6.07) is 5.56. The van der Waals surface area contributed by atoms with E-state index in [1.807, 2.05) is 32.9 Å². The summed E-state index contributed by atoms with van der Waals surface area (Å²) in [6.07, 6.45) is 1.88. The minimum absolute atomic E-state index is 0.258. The molecule has 2 N–H and O–H groups in total. The largest absolute Gasteiger partial charge is 0.444 e. The predicted molar refractivity (Wildman–Crippen MR) is 90.8 cm³/mol. The van der Waals surface area contributed by atoms with Gasteiger partial charge in [0.2, 0.25) is 0 Å². The lowest BCUT2D eigenvalue weighted by molar-refractivity contribution is 0.0253. The summed E-state index contributed by atoms with van der Waals surface area (Å²) in [6.45, 7) is 8.86. The Morgan fingerprint density at radius 3 is 2.68 bits per heavy atom. The molecule has 4 nitrogen and oxygen atoms in total. The molecule has 1 atom stereocenters. The molecule has 22 heavy (non-hydrogen) atoms. The van der Waals surface area contributed by atoms with Gasteiger partial charge in [-0.2, -0.15) is 0 Å². The number of halogens is 1. The Morgan fingerprint density at radius 1 is 1.41 bits per heavy atom. The first-order valence-corrected chi connectivity index (χ1v) is 7.77. The van der Waals surface area contributed by atoms with Gasteiger partial charge in [-0.3, -0.25) is 0 Å². The number of nitrogens with two attached hydrogens (primary N) is 1. The molecule has 1 aliphatic rings. The SMILES string of the molecule is C[C@@H]1C=C(c2ccc(Cl)c(N)c2)CN(C(=O)OC(C)(C)C)C1. The number of anilines is 1. The fourth-order valence-electron chi connectivity index (χ4n) is 2.46. The Morgan fingerprint density at radius 2 is 2.09 bits per heavy atom. The van der Waals surface area contributed by atoms with Crippen LogP contribution in [-0.2, 0) is 4.74 Å². The molecule has 0 aliphatic carbocycles. The van der Waals surface area contributed by atoms with Crippen molar-refractivity contribution in [2.45, 2.75) is 33.3 Å². The third-order valence-corrected chi connectivity index (χ3v) is 3.72. The second kappa shape index (κ2) is 6.21. The van der Waals surface area contributed by atoms with Crippen LogP contribution in [0.15, 0.2) is 24.3 Å². The lowest BCUT2D eigenvalue weighted by Gasteiger charge is -2.33. The Labute approximate surface area is 136 Å². The van der Waals surface area contributed by atoms with E-state index in [0.29, 0.717) is 23.8 Å². The first kappa shape index (κ1) is 16.7. The van der Waals surface area contributed by atoms with E-state index in [1.54, 1.807) is 11.0 Å². The van der Waals surface area contributed by atoms with Gasteiger partial charge in [-0.1, -0.05) is 30.7 Å². The van der Waals surface area contributed by atoms with Crippen molar-refractivity contribution in [1.29, 1.82) is 0 Å². The van der Waals surface area contributed by atoms with Gasteiger partial charge in [0.1, 0.15) is 5.60 Å². The molecule has 0 aromatic heterocycles. The summed E-state index contributed by atoms with van der Waals surface area (Å²) in [5.41, 5.74) is 7.98. The molecule has 1 aliphatic heterocycles. The Hall–Kier alpha value is -1.68. The first-order chi connectivity index (χ1) is 10.2. The van der Waals surface area contributed by atoms with Crippen molar-refractivity contribution in [3.05, 3.63) is 34.9 Å². The number of carbonyl (C=O) groups excluding carboxylic acids is 1. The van der Waals surface area contributed by atoms with E-state index in [2.05, 4.69) is 13.0 Å². The van der Waals surface area contributed by atoms with Crippen LogP contribution in [0.2, 0.25) is 5.02 Å². The molecule has 0 saturated heterocycles. The number of carbonyl (C=O) groups is 1. The zero-order valence-corrected chi connectivity index (χ0v) is 14.3. The summed E-state index contributed by atoms with van der Waals surface area (Å²) in [4.78, 5) is 14.0. The lowest BCUT2D eigenvalue weighted by Crippen LogP contribution is -2.41. The highest BCUT2D eigenvalue weighted by atomic mass is 35.5. The molecule has 0 fully saturated rings. The van der Waals surface area contributed by atoms with Gasteiger partial charge < -0.3 is 15.4 Å². The highest BCUT2D eigenvalue weighted by Gasteiger charge is 2.27. The fraction of sp³-hybridized carbons (Fsp3) is 0.471. The molecular weight excluding hydrogens is 300 g/mol. The lowest BCUT2D eigenvalue weighted by atomic mass is 9.96. The van der Waals surface area contributed by atoms with Crippen molar-refractivity contribution >= 4 is 29.0 Å². The predicted octanol–water partition coefficient (Wildman–Crippen LogP) is 4.19. The van der Waals surface area contributed by atoms with Crippen LogP contribution in [-0.4, -0.2) is 29.7 Å². The van der Waals surface area contributed by atoms with Gasteiger partial charge >= 0.3 is 6.09 Å². The van der Waals surface area contributed by atoms with Gasteiger partial charge in [0.15, 0.2) is 0 Å². The molecule has 1 amide bonds. The van der Waals surface area contributed by atoms with E-state index >= 15 is 0 Å². The number of hydrogen-bond donors (Lipinski definition) is 1. The Kier molecular flexibility index (Phi) is 4.71. The van der Waals surface area contributed by atoms with Crippen molar-refractivity contribution < 1.29 is 9.53 Å². The molecule has 1 heterocycles. The van der Waals surface area contributed by atoms with Gasteiger partial charge in [-0.15, -0.1) is 0 Å². The van der Waals surface area contributed by atoms with Crippen LogP contribution in [0.3, 0.4) is 0 Å². The van der Waals surface area contributed by atoms with Gasteiger partial charge in [0, 0.05) is 13.1 Å². The zero-order valence-electron chi connectivity index (χ0n) is 13.5. The van der Waals surface area contributed by atoms with Crippen molar-refractivity contribution in [3.63, 3.8) is 0 Å². The molecule has 1 aromatic rings. The molecule has 0 bridgehead atoms. The standard InChI is InChI=1S/C17H23ClN2O2/c1-11-7-13(12-5-6-14(18)15(19)8-12)10-20(9-11)16(21)22-17(2,3)4/h5-8,11H,9-10,19H2,1-4H3/t11-/m1/s1. The maximum Gasteiger partial charge on any atom is 0.410 e. The van der Waals surface area contributed by atoms with E-state index in [9.17, 15) is 4.79 Å². The van der Waals surface area contributed by atoms with E-state index in [4.69, 9.17) is 22.1 Å². The quantitative estimate of drug-likeness (QED) is 0.789. The molecule has 0 unspecified atom stereocenters. The van der Waals surface area contributed by atoms with Gasteiger partial charge in [0.25, 0.3) is 0 Å². The average molecular weight is 323 g/mol. The second-order valence-electron chi connectivity index (χ2n) is 6.77. The van der Waals surface area contributed by atoms with Crippen LogP contribution < -0.4 is 5.73 Å². The van der Waals surface area contributed by atoms with Crippen molar-refractivity contribution in [2.24, 2.45) is 5.92 Å². The van der Waals surface area contributed by atoms with Crippen molar-refractivity contribution in [2.75, 3.05) is 18.8 Å². The number of ether oxygens (including phenoxy) is 1. The molecule has 1 aromatic carbocycles. The molecule has 120 valence electrons. The van der Waals surface area contributed by atoms with Crippen LogP contribution in [0.4, 0.5) is 10.5 Å². The molecule has 0 saturated carbocycles. The first-order valence-electron chi connectivity index (χ1n) is 7.40. The number of rotatable bonds is 1. The van der Waals surface area contributed by atoms with Gasteiger partial charge in [-0.05, 0) is 50.0 Å². The van der Waals surface area contributed by atoms with Crippen LogP contribution in [0.1, 0.15) is 33.3 Å². The summed E-state index contributed by atoms with van der Waals surface area (Å²) >= 11 is 5.97. The van der Waals surface area contributed by atoms with E-state index in [0.717, 1.165) is 11.1 Å². The summed E-state index contributed by atoms with van der Waals surface area (Å²) < 4.78 is 5.47. The molecule has 0 radical (unpaired) electrons. The third-order valence-electron chi connectivity index (χ3n) is 3.37.